The molecule has 0 radical (unpaired) electrons. The molecule has 9 nitrogen and oxygen atoms in total. The smallest absolute Gasteiger partial charge is 0.431 e. The van der Waals surface area contributed by atoms with Crippen molar-refractivity contribution in [1.82, 2.24) is 0 Å². The summed E-state index contributed by atoms with van der Waals surface area (Å²) >= 11 is 0. The van der Waals surface area contributed by atoms with Crippen LogP contribution in [0.5, 0.6) is 0 Å². The number of hydrogen-bond donors (Lipinski definition) is 1. The van der Waals surface area contributed by atoms with Crippen LogP contribution in [0, 0.1) is 17.8 Å². The summed E-state index contributed by atoms with van der Waals surface area (Å²) in [6, 6.07) is 12.0. The van der Waals surface area contributed by atoms with Gasteiger partial charge >= 0.3 is 33.2 Å². The van der Waals surface area contributed by atoms with Crippen molar-refractivity contribution >= 4 is 22.1 Å². The van der Waals surface area contributed by atoms with E-state index in [1.54, 1.807) is 41.5 Å². The van der Waals surface area contributed by atoms with Crippen LogP contribution in [0.15, 0.2) is 48.5 Å². The molecule has 2 aromatic rings. The molecule has 1 heterocycles. The van der Waals surface area contributed by atoms with Crippen molar-refractivity contribution in [3.8, 4) is 0 Å². The number of carbonyl (C=O) groups is 2. The van der Waals surface area contributed by atoms with E-state index in [1.807, 2.05) is 0 Å². The molecular weight excluding hydrogens is 636 g/mol. The van der Waals surface area contributed by atoms with Crippen LogP contribution < -0.4 is 0 Å². The van der Waals surface area contributed by atoms with Crippen LogP contribution in [-0.2, 0) is 34.9 Å². The van der Waals surface area contributed by atoms with Gasteiger partial charge in [0.25, 0.3) is 0 Å². The number of carbonyl (C=O) groups excluding carboxylic acids is 2. The summed E-state index contributed by atoms with van der Waals surface area (Å²) in [5, 5.41) is -5.71. The lowest BCUT2D eigenvalue weighted by molar-refractivity contribution is -0.212. The maximum atomic E-state index is 15.2. The fourth-order valence-corrected chi connectivity index (χ4v) is 7.05. The number of fused-ring (bicyclic) bond motifs is 5. The summed E-state index contributed by atoms with van der Waals surface area (Å²) in [6.07, 6.45) is -2.45. The van der Waals surface area contributed by atoms with E-state index in [2.05, 4.69) is 0 Å². The van der Waals surface area contributed by atoms with Crippen molar-refractivity contribution in [2.24, 2.45) is 17.8 Å². The van der Waals surface area contributed by atoms with E-state index in [0.29, 0.717) is 11.1 Å². The zero-order valence-corrected chi connectivity index (χ0v) is 26.9. The van der Waals surface area contributed by atoms with Gasteiger partial charge in [0.1, 0.15) is 11.2 Å². The number of halogens is 4. The van der Waals surface area contributed by atoms with Gasteiger partial charge in [-0.15, -0.1) is 0 Å². The highest BCUT2D eigenvalue weighted by Gasteiger charge is 2.75. The van der Waals surface area contributed by atoms with Crippen LogP contribution in [0.2, 0.25) is 0 Å². The largest absolute Gasteiger partial charge is 0.456 e. The van der Waals surface area contributed by atoms with Crippen molar-refractivity contribution in [3.63, 3.8) is 0 Å². The highest BCUT2D eigenvalue weighted by Crippen LogP contribution is 2.63. The topological polar surface area (TPSA) is 125 Å². The Morgan fingerprint density at radius 1 is 0.761 bits per heavy atom. The predicted octanol–water partition coefficient (Wildman–Crippen LogP) is 6.35. The van der Waals surface area contributed by atoms with Crippen LogP contribution >= 0.6 is 0 Å². The molecule has 0 amide bonds. The molecule has 1 aliphatic heterocycles. The maximum absolute atomic E-state index is 15.2. The Morgan fingerprint density at radius 3 is 1.57 bits per heavy atom. The Labute approximate surface area is 264 Å². The zero-order valence-electron chi connectivity index (χ0n) is 26.1. The molecule has 3 aliphatic rings. The number of ether oxygens (including phenoxy) is 4. The normalized spacial score (nSPS) is 26.1. The van der Waals surface area contributed by atoms with E-state index in [0.717, 1.165) is 0 Å². The van der Waals surface area contributed by atoms with Gasteiger partial charge in [-0.2, -0.15) is 26.0 Å². The Bertz CT molecular complexity index is 1540. The minimum absolute atomic E-state index is 0.0163. The minimum atomic E-state index is -6.42. The summed E-state index contributed by atoms with van der Waals surface area (Å²) < 4.78 is 114. The van der Waals surface area contributed by atoms with Crippen molar-refractivity contribution in [1.29, 1.82) is 0 Å². The Balaban J connectivity index is 1.52. The second-order valence-corrected chi connectivity index (χ2v) is 15.5. The SMILES string of the molecule is CC(C)(C)OC(=O)c1ccc(C2(c3ccc(C(=O)OC(C)(C)C)cc3)OC3C4CC(CC4C(F)(F)C(F)(F)S(=O)(=O)O)[C@@H]3O2)cc1. The third-order valence-corrected chi connectivity index (χ3v) is 9.36. The van der Waals surface area contributed by atoms with Gasteiger partial charge in [0.15, 0.2) is 0 Å². The van der Waals surface area contributed by atoms with Gasteiger partial charge in [0.05, 0.1) is 23.3 Å². The van der Waals surface area contributed by atoms with Gasteiger partial charge < -0.3 is 18.9 Å². The fourth-order valence-electron chi connectivity index (χ4n) is 6.55. The lowest BCUT2D eigenvalue weighted by Crippen LogP contribution is -2.55. The average Bonchev–Trinajstić information content (AvgIpc) is 3.62. The molecule has 5 rings (SSSR count). The number of benzene rings is 2. The lowest BCUT2D eigenvalue weighted by Gasteiger charge is -2.36. The fraction of sp³-hybridized carbons (Fsp3) is 0.562. The van der Waals surface area contributed by atoms with E-state index in [9.17, 15) is 26.8 Å². The highest BCUT2D eigenvalue weighted by molar-refractivity contribution is 7.87. The molecule has 1 N–H and O–H groups in total. The zero-order chi connectivity index (χ0) is 34.3. The van der Waals surface area contributed by atoms with Crippen molar-refractivity contribution < 1.29 is 59.1 Å². The van der Waals surface area contributed by atoms with Crippen LogP contribution in [-0.4, -0.2) is 59.5 Å². The molecule has 252 valence electrons. The second-order valence-electron chi connectivity index (χ2n) is 14.1. The molecule has 2 bridgehead atoms. The Kier molecular flexibility index (Phi) is 8.19. The van der Waals surface area contributed by atoms with Gasteiger partial charge in [-0.1, -0.05) is 24.3 Å². The first-order chi connectivity index (χ1) is 21.0. The molecule has 46 heavy (non-hydrogen) atoms. The molecule has 3 fully saturated rings. The number of hydrogen-bond acceptors (Lipinski definition) is 8. The molecule has 2 aliphatic carbocycles. The van der Waals surface area contributed by atoms with Crippen LogP contribution in [0.1, 0.15) is 86.2 Å². The molecule has 14 heteroatoms. The second kappa shape index (κ2) is 11.0. The van der Waals surface area contributed by atoms with Gasteiger partial charge in [-0.25, -0.2) is 9.59 Å². The lowest BCUT2D eigenvalue weighted by atomic mass is 9.81. The number of alkyl halides is 4. The summed E-state index contributed by atoms with van der Waals surface area (Å²) in [5.74, 6) is -12.1. The molecule has 2 aromatic carbocycles. The monoisotopic (exact) mass is 672 g/mol. The van der Waals surface area contributed by atoms with Crippen molar-refractivity contribution in [2.75, 3.05) is 0 Å². The summed E-state index contributed by atoms with van der Waals surface area (Å²) in [6.45, 7) is 10.3. The summed E-state index contributed by atoms with van der Waals surface area (Å²) in [5.41, 5.74) is -0.424. The summed E-state index contributed by atoms with van der Waals surface area (Å²) in [7, 11) is -6.42. The van der Waals surface area contributed by atoms with Crippen LogP contribution in [0.3, 0.4) is 0 Å². The Hall–Kier alpha value is -3.07. The highest BCUT2D eigenvalue weighted by atomic mass is 32.2. The molecule has 4 unspecified atom stereocenters. The molecule has 2 saturated carbocycles. The first-order valence-electron chi connectivity index (χ1n) is 14.7. The quantitative estimate of drug-likeness (QED) is 0.203. The standard InChI is InChI=1S/C32H36F4O9S/c1-28(2,3)44-26(37)17-7-11-20(12-8-17)30(21-13-9-18(10-14-21)27(38)45-29(4,5)6)42-24-19-15-22(25(24)43-30)23(16-19)31(33,34)32(35,36)46(39,40)41/h7-14,19,22-25H,15-16H2,1-6H3,(H,39,40,41)/t19?,22?,23?,24-,25?/m0/s1. The van der Waals surface area contributed by atoms with Crippen molar-refractivity contribution in [2.45, 2.75) is 94.8 Å². The van der Waals surface area contributed by atoms with E-state index in [4.69, 9.17) is 23.5 Å². The van der Waals surface area contributed by atoms with Gasteiger partial charge in [0.2, 0.25) is 5.79 Å². The van der Waals surface area contributed by atoms with E-state index >= 15 is 8.78 Å². The minimum Gasteiger partial charge on any atom is -0.456 e. The first-order valence-corrected chi connectivity index (χ1v) is 16.2. The van der Waals surface area contributed by atoms with Gasteiger partial charge in [0, 0.05) is 17.0 Å². The van der Waals surface area contributed by atoms with Gasteiger partial charge in [-0.05, 0) is 90.5 Å². The Morgan fingerprint density at radius 2 is 1.17 bits per heavy atom. The predicted molar refractivity (Wildman–Crippen MR) is 155 cm³/mol. The van der Waals surface area contributed by atoms with E-state index < -0.39 is 86.6 Å². The third kappa shape index (κ3) is 5.93. The maximum Gasteiger partial charge on any atom is 0.431 e. The molecule has 0 aromatic heterocycles. The third-order valence-electron chi connectivity index (χ3n) is 8.44. The molecular formula is C32H36F4O9S. The molecule has 0 spiro atoms. The van der Waals surface area contributed by atoms with Crippen molar-refractivity contribution in [3.05, 3.63) is 70.8 Å². The van der Waals surface area contributed by atoms with Crippen LogP contribution in [0.25, 0.3) is 0 Å². The first kappa shape index (κ1) is 34.3. The van der Waals surface area contributed by atoms with Crippen LogP contribution in [0.4, 0.5) is 17.6 Å². The molecule has 5 atom stereocenters. The van der Waals surface area contributed by atoms with E-state index in [-0.39, 0.29) is 17.5 Å². The summed E-state index contributed by atoms with van der Waals surface area (Å²) in [4.78, 5) is 25.3. The van der Waals surface area contributed by atoms with E-state index in [1.165, 1.54) is 48.5 Å². The molecule has 1 saturated heterocycles. The van der Waals surface area contributed by atoms with Gasteiger partial charge in [-0.3, -0.25) is 4.55 Å². The number of esters is 2. The number of rotatable bonds is 7. The average molecular weight is 673 g/mol.